The second-order valence-corrected chi connectivity index (χ2v) is 6.29. The molecule has 140 valence electrons. The minimum absolute atomic E-state index is 0.235. The van der Waals surface area contributed by atoms with Crippen LogP contribution in [0.3, 0.4) is 0 Å². The summed E-state index contributed by atoms with van der Waals surface area (Å²) in [6.45, 7) is 0.758. The number of likely N-dealkylation sites (N-methyl/N-ethyl adjacent to an activating group) is 1. The molecule has 7 heteroatoms. The maximum atomic E-state index is 12.8. The molecule has 1 amide bonds. The Bertz CT molecular complexity index is 895. The van der Waals surface area contributed by atoms with Crippen molar-refractivity contribution in [2.75, 3.05) is 27.3 Å². The molecular formula is C20H20ClN3O3. The molecule has 0 aliphatic heterocycles. The summed E-state index contributed by atoms with van der Waals surface area (Å²) in [7, 11) is 3.22. The first-order chi connectivity index (χ1) is 13.1. The lowest BCUT2D eigenvalue weighted by Crippen LogP contribution is -2.31. The molecule has 0 aliphatic carbocycles. The van der Waals surface area contributed by atoms with Gasteiger partial charge in [-0.1, -0.05) is 29.8 Å². The number of amides is 1. The van der Waals surface area contributed by atoms with Crippen LogP contribution in [0.4, 0.5) is 0 Å². The molecule has 6 nitrogen and oxygen atoms in total. The normalized spacial score (nSPS) is 10.5. The van der Waals surface area contributed by atoms with Gasteiger partial charge in [-0.25, -0.2) is 4.68 Å². The topological polar surface area (TPSA) is 56.6 Å². The highest BCUT2D eigenvalue weighted by Crippen LogP contribution is 2.21. The number of carbonyl (C=O) groups excluding carboxylic acids is 1. The van der Waals surface area contributed by atoms with E-state index in [1.807, 2.05) is 30.3 Å². The summed E-state index contributed by atoms with van der Waals surface area (Å²) in [4.78, 5) is 14.3. The van der Waals surface area contributed by atoms with Crippen LogP contribution in [0, 0.1) is 0 Å². The molecule has 0 unspecified atom stereocenters. The minimum atomic E-state index is -0.235. The highest BCUT2D eigenvalue weighted by molar-refractivity contribution is 6.30. The van der Waals surface area contributed by atoms with Crippen LogP contribution in [-0.4, -0.2) is 47.9 Å². The zero-order valence-electron chi connectivity index (χ0n) is 15.1. The van der Waals surface area contributed by atoms with E-state index in [2.05, 4.69) is 5.10 Å². The van der Waals surface area contributed by atoms with Crippen LogP contribution >= 0.6 is 11.6 Å². The lowest BCUT2D eigenvalue weighted by Gasteiger charge is -2.16. The quantitative estimate of drug-likeness (QED) is 0.622. The summed E-state index contributed by atoms with van der Waals surface area (Å²) in [6, 6.07) is 16.6. The second kappa shape index (κ2) is 8.60. The van der Waals surface area contributed by atoms with Gasteiger partial charge in [0.15, 0.2) is 11.4 Å². The van der Waals surface area contributed by atoms with Crippen LogP contribution in [0.25, 0.3) is 5.69 Å². The van der Waals surface area contributed by atoms with Crippen LogP contribution in [0.5, 0.6) is 11.5 Å². The highest BCUT2D eigenvalue weighted by Gasteiger charge is 2.21. The standard InChI is InChI=1S/C20H20ClN3O3/c1-23(12-13-27-17-10-8-15(21)9-11-17)20(25)19-18(26-2)14-24(22-19)16-6-4-3-5-7-16/h3-11,14H,12-13H2,1-2H3. The van der Waals surface area contributed by atoms with Crippen molar-refractivity contribution in [1.29, 1.82) is 0 Å². The van der Waals surface area contributed by atoms with Gasteiger partial charge >= 0.3 is 0 Å². The molecule has 3 aromatic rings. The summed E-state index contributed by atoms with van der Waals surface area (Å²) >= 11 is 5.85. The van der Waals surface area contributed by atoms with E-state index in [-0.39, 0.29) is 11.6 Å². The first kappa shape index (κ1) is 18.8. The average Bonchev–Trinajstić information content (AvgIpc) is 3.14. The number of ether oxygens (including phenoxy) is 2. The number of methoxy groups -OCH3 is 1. The van der Waals surface area contributed by atoms with Gasteiger partial charge in [0, 0.05) is 12.1 Å². The van der Waals surface area contributed by atoms with Crippen molar-refractivity contribution >= 4 is 17.5 Å². The number of para-hydroxylation sites is 1. The second-order valence-electron chi connectivity index (χ2n) is 5.86. The fourth-order valence-corrected chi connectivity index (χ4v) is 2.61. The average molecular weight is 386 g/mol. The zero-order valence-corrected chi connectivity index (χ0v) is 15.9. The van der Waals surface area contributed by atoms with E-state index in [0.29, 0.717) is 29.7 Å². The van der Waals surface area contributed by atoms with Crippen molar-refractivity contribution in [3.63, 3.8) is 0 Å². The van der Waals surface area contributed by atoms with Crippen LogP contribution in [-0.2, 0) is 0 Å². The Morgan fingerprint density at radius 3 is 2.52 bits per heavy atom. The number of nitrogens with zero attached hydrogens (tertiary/aromatic N) is 3. The number of carbonyl (C=O) groups is 1. The number of aromatic nitrogens is 2. The van der Waals surface area contributed by atoms with E-state index in [9.17, 15) is 4.79 Å². The van der Waals surface area contributed by atoms with Gasteiger partial charge in [-0.3, -0.25) is 4.79 Å². The number of benzene rings is 2. The SMILES string of the molecule is COc1cn(-c2ccccc2)nc1C(=O)N(C)CCOc1ccc(Cl)cc1. The van der Waals surface area contributed by atoms with E-state index >= 15 is 0 Å². The molecule has 0 spiro atoms. The molecule has 3 rings (SSSR count). The van der Waals surface area contributed by atoms with Crippen molar-refractivity contribution in [1.82, 2.24) is 14.7 Å². The Kier molecular flexibility index (Phi) is 5.98. The molecule has 0 atom stereocenters. The number of hydrogen-bond donors (Lipinski definition) is 0. The predicted molar refractivity (Wildman–Crippen MR) is 104 cm³/mol. The Morgan fingerprint density at radius 2 is 1.85 bits per heavy atom. The Balaban J connectivity index is 1.65. The monoisotopic (exact) mass is 385 g/mol. The maximum absolute atomic E-state index is 12.8. The van der Waals surface area contributed by atoms with Gasteiger partial charge in [0.25, 0.3) is 5.91 Å². The van der Waals surface area contributed by atoms with Gasteiger partial charge in [-0.2, -0.15) is 5.10 Å². The number of hydrogen-bond acceptors (Lipinski definition) is 4. The fraction of sp³-hybridized carbons (Fsp3) is 0.200. The van der Waals surface area contributed by atoms with Crippen LogP contribution < -0.4 is 9.47 Å². The summed E-state index contributed by atoms with van der Waals surface area (Å²) in [5.41, 5.74) is 1.11. The molecule has 0 fully saturated rings. The molecule has 2 aromatic carbocycles. The third-order valence-corrected chi connectivity index (χ3v) is 4.23. The fourth-order valence-electron chi connectivity index (χ4n) is 2.48. The van der Waals surface area contributed by atoms with E-state index in [0.717, 1.165) is 5.69 Å². The largest absolute Gasteiger partial charge is 0.493 e. The van der Waals surface area contributed by atoms with Crippen LogP contribution in [0.2, 0.25) is 5.02 Å². The van der Waals surface area contributed by atoms with Gasteiger partial charge in [0.05, 0.1) is 25.5 Å². The summed E-state index contributed by atoms with van der Waals surface area (Å²) in [5.74, 6) is 0.891. The lowest BCUT2D eigenvalue weighted by atomic mass is 10.3. The first-order valence-electron chi connectivity index (χ1n) is 8.41. The number of halogens is 1. The molecule has 0 N–H and O–H groups in total. The maximum Gasteiger partial charge on any atom is 0.278 e. The van der Waals surface area contributed by atoms with Gasteiger partial charge in [0.1, 0.15) is 12.4 Å². The minimum Gasteiger partial charge on any atom is -0.493 e. The van der Waals surface area contributed by atoms with Gasteiger partial charge < -0.3 is 14.4 Å². The molecule has 27 heavy (non-hydrogen) atoms. The van der Waals surface area contributed by atoms with Crippen molar-refractivity contribution in [2.45, 2.75) is 0 Å². The van der Waals surface area contributed by atoms with Gasteiger partial charge in [-0.15, -0.1) is 0 Å². The highest BCUT2D eigenvalue weighted by atomic mass is 35.5. The van der Waals surface area contributed by atoms with E-state index < -0.39 is 0 Å². The Labute approximate surface area is 162 Å². The van der Waals surface area contributed by atoms with Crippen molar-refractivity contribution < 1.29 is 14.3 Å². The molecule has 0 aliphatic rings. The molecule has 0 radical (unpaired) electrons. The Hall–Kier alpha value is -2.99. The summed E-state index contributed by atoms with van der Waals surface area (Å²) < 4.78 is 12.6. The molecule has 0 bridgehead atoms. The van der Waals surface area contributed by atoms with Crippen molar-refractivity contribution in [3.05, 3.63) is 71.5 Å². The zero-order chi connectivity index (χ0) is 19.2. The van der Waals surface area contributed by atoms with Gasteiger partial charge in [0.2, 0.25) is 0 Å². The smallest absolute Gasteiger partial charge is 0.278 e. The molecule has 0 saturated heterocycles. The predicted octanol–water partition coefficient (Wildman–Crippen LogP) is 3.69. The number of rotatable bonds is 7. The molecule has 1 aromatic heterocycles. The summed E-state index contributed by atoms with van der Waals surface area (Å²) in [5, 5.41) is 5.04. The van der Waals surface area contributed by atoms with Crippen molar-refractivity contribution in [2.24, 2.45) is 0 Å². The summed E-state index contributed by atoms with van der Waals surface area (Å²) in [6.07, 6.45) is 1.70. The van der Waals surface area contributed by atoms with Gasteiger partial charge in [-0.05, 0) is 36.4 Å². The third-order valence-electron chi connectivity index (χ3n) is 3.98. The molecular weight excluding hydrogens is 366 g/mol. The van der Waals surface area contributed by atoms with E-state index in [4.69, 9.17) is 21.1 Å². The first-order valence-corrected chi connectivity index (χ1v) is 8.79. The van der Waals surface area contributed by atoms with E-state index in [1.165, 1.54) is 7.11 Å². The van der Waals surface area contributed by atoms with Crippen molar-refractivity contribution in [3.8, 4) is 17.2 Å². The molecule has 1 heterocycles. The van der Waals surface area contributed by atoms with Crippen LogP contribution in [0.1, 0.15) is 10.5 Å². The van der Waals surface area contributed by atoms with Crippen LogP contribution in [0.15, 0.2) is 60.8 Å². The van der Waals surface area contributed by atoms with E-state index in [1.54, 1.807) is 47.1 Å². The lowest BCUT2D eigenvalue weighted by molar-refractivity contribution is 0.0764. The Morgan fingerprint density at radius 1 is 1.15 bits per heavy atom. The third kappa shape index (κ3) is 4.60. The molecule has 0 saturated carbocycles.